The van der Waals surface area contributed by atoms with Crippen LogP contribution in [0.4, 0.5) is 5.95 Å². The number of amides is 1. The molecule has 1 aliphatic rings. The van der Waals surface area contributed by atoms with Crippen LogP contribution in [-0.4, -0.2) is 40.7 Å². The predicted molar refractivity (Wildman–Crippen MR) is 85.7 cm³/mol. The van der Waals surface area contributed by atoms with Crippen molar-refractivity contribution < 1.29 is 9.90 Å². The van der Waals surface area contributed by atoms with Crippen molar-refractivity contribution in [3.8, 4) is 0 Å². The lowest BCUT2D eigenvalue weighted by atomic mass is 9.95. The summed E-state index contributed by atoms with van der Waals surface area (Å²) in [5, 5.41) is 11.5. The monoisotopic (exact) mass is 306 g/mol. The molecule has 6 heteroatoms. The molecule has 0 bridgehead atoms. The van der Waals surface area contributed by atoms with Crippen LogP contribution >= 0.6 is 0 Å². The Balaban J connectivity index is 2.09. The molecule has 1 aliphatic carbocycles. The molecule has 22 heavy (non-hydrogen) atoms. The van der Waals surface area contributed by atoms with Crippen LogP contribution in [0, 0.1) is 6.92 Å². The van der Waals surface area contributed by atoms with Crippen LogP contribution in [0.5, 0.6) is 0 Å². The van der Waals surface area contributed by atoms with Crippen molar-refractivity contribution in [2.75, 3.05) is 18.6 Å². The molecule has 1 amide bonds. The SMILES string of the molecule is Cc1nc(N(C)C2CCCCC2)ncc1C(C)NC(=O)CO. The average Bonchev–Trinajstić information content (AvgIpc) is 2.54. The van der Waals surface area contributed by atoms with Crippen LogP contribution in [0.1, 0.15) is 56.3 Å². The minimum atomic E-state index is -0.507. The van der Waals surface area contributed by atoms with Gasteiger partial charge in [-0.2, -0.15) is 0 Å². The van der Waals surface area contributed by atoms with Gasteiger partial charge in [-0.25, -0.2) is 9.97 Å². The summed E-state index contributed by atoms with van der Waals surface area (Å²) in [7, 11) is 2.06. The highest BCUT2D eigenvalue weighted by Gasteiger charge is 2.21. The van der Waals surface area contributed by atoms with Gasteiger partial charge in [0.2, 0.25) is 11.9 Å². The Bertz CT molecular complexity index is 515. The first-order valence-corrected chi connectivity index (χ1v) is 7.99. The molecule has 1 aromatic rings. The average molecular weight is 306 g/mol. The maximum atomic E-state index is 11.3. The number of carbonyl (C=O) groups excluding carboxylic acids is 1. The number of carbonyl (C=O) groups is 1. The highest BCUT2D eigenvalue weighted by Crippen LogP contribution is 2.25. The van der Waals surface area contributed by atoms with E-state index in [0.29, 0.717) is 6.04 Å². The number of hydrogen-bond acceptors (Lipinski definition) is 5. The maximum absolute atomic E-state index is 11.3. The van der Waals surface area contributed by atoms with Crippen LogP contribution in [0.2, 0.25) is 0 Å². The van der Waals surface area contributed by atoms with Crippen molar-refractivity contribution in [2.24, 2.45) is 0 Å². The number of nitrogens with one attached hydrogen (secondary N) is 1. The molecular weight excluding hydrogens is 280 g/mol. The fourth-order valence-electron chi connectivity index (χ4n) is 3.06. The third kappa shape index (κ3) is 3.94. The van der Waals surface area contributed by atoms with E-state index in [1.54, 1.807) is 6.20 Å². The summed E-state index contributed by atoms with van der Waals surface area (Å²) in [5.41, 5.74) is 1.74. The summed E-state index contributed by atoms with van der Waals surface area (Å²) in [5.74, 6) is 0.351. The Morgan fingerprint density at radius 1 is 1.45 bits per heavy atom. The number of rotatable bonds is 5. The van der Waals surface area contributed by atoms with E-state index in [1.165, 1.54) is 32.1 Å². The minimum absolute atomic E-state index is 0.214. The molecule has 1 saturated carbocycles. The molecule has 0 aliphatic heterocycles. The van der Waals surface area contributed by atoms with Crippen LogP contribution in [0.15, 0.2) is 6.20 Å². The second-order valence-corrected chi connectivity index (χ2v) is 6.06. The summed E-state index contributed by atoms with van der Waals surface area (Å²) < 4.78 is 0. The lowest BCUT2D eigenvalue weighted by Gasteiger charge is -2.31. The maximum Gasteiger partial charge on any atom is 0.246 e. The van der Waals surface area contributed by atoms with Gasteiger partial charge in [-0.05, 0) is 26.7 Å². The number of aromatic nitrogens is 2. The fraction of sp³-hybridized carbons (Fsp3) is 0.688. The van der Waals surface area contributed by atoms with E-state index in [-0.39, 0.29) is 6.04 Å². The van der Waals surface area contributed by atoms with Crippen LogP contribution in [0.25, 0.3) is 0 Å². The van der Waals surface area contributed by atoms with Gasteiger partial charge < -0.3 is 15.3 Å². The van der Waals surface area contributed by atoms with E-state index in [1.807, 2.05) is 13.8 Å². The Hall–Kier alpha value is -1.69. The van der Waals surface area contributed by atoms with E-state index < -0.39 is 12.5 Å². The zero-order valence-corrected chi connectivity index (χ0v) is 13.7. The first-order valence-electron chi connectivity index (χ1n) is 7.99. The number of nitrogens with zero attached hydrogens (tertiary/aromatic N) is 3. The summed E-state index contributed by atoms with van der Waals surface area (Å²) in [6.45, 7) is 3.29. The molecule has 1 unspecified atom stereocenters. The zero-order valence-electron chi connectivity index (χ0n) is 13.7. The molecule has 0 radical (unpaired) electrons. The van der Waals surface area contributed by atoms with Gasteiger partial charge in [0.25, 0.3) is 0 Å². The molecule has 2 rings (SSSR count). The molecule has 1 fully saturated rings. The molecule has 0 saturated heterocycles. The van der Waals surface area contributed by atoms with E-state index in [2.05, 4.69) is 27.2 Å². The number of aliphatic hydroxyl groups excluding tert-OH is 1. The Labute approximate surface area is 132 Å². The summed E-state index contributed by atoms with van der Waals surface area (Å²) in [4.78, 5) is 22.5. The van der Waals surface area contributed by atoms with Gasteiger partial charge in [-0.3, -0.25) is 4.79 Å². The Kier molecular flexibility index (Phi) is 5.71. The van der Waals surface area contributed by atoms with E-state index in [0.717, 1.165) is 17.2 Å². The first kappa shape index (κ1) is 16.7. The largest absolute Gasteiger partial charge is 0.387 e. The molecule has 0 spiro atoms. The summed E-state index contributed by atoms with van der Waals surface area (Å²) >= 11 is 0. The van der Waals surface area contributed by atoms with Crippen LogP contribution in [-0.2, 0) is 4.79 Å². The molecule has 2 N–H and O–H groups in total. The number of hydrogen-bond donors (Lipinski definition) is 2. The van der Waals surface area contributed by atoms with Gasteiger partial charge in [0.05, 0.1) is 6.04 Å². The molecule has 1 aromatic heterocycles. The zero-order chi connectivity index (χ0) is 16.1. The molecule has 122 valence electrons. The van der Waals surface area contributed by atoms with Crippen molar-refractivity contribution in [2.45, 2.75) is 58.0 Å². The Morgan fingerprint density at radius 3 is 2.73 bits per heavy atom. The first-order chi connectivity index (χ1) is 10.5. The highest BCUT2D eigenvalue weighted by molar-refractivity contribution is 5.77. The third-order valence-electron chi connectivity index (χ3n) is 4.43. The van der Waals surface area contributed by atoms with Crippen molar-refractivity contribution >= 4 is 11.9 Å². The van der Waals surface area contributed by atoms with Gasteiger partial charge in [-0.1, -0.05) is 19.3 Å². The van der Waals surface area contributed by atoms with Crippen molar-refractivity contribution in [1.29, 1.82) is 0 Å². The van der Waals surface area contributed by atoms with E-state index in [4.69, 9.17) is 5.11 Å². The van der Waals surface area contributed by atoms with Crippen molar-refractivity contribution in [3.63, 3.8) is 0 Å². The topological polar surface area (TPSA) is 78.4 Å². The summed E-state index contributed by atoms with van der Waals surface area (Å²) in [6, 6.07) is 0.305. The van der Waals surface area contributed by atoms with Gasteiger partial charge in [-0.15, -0.1) is 0 Å². The number of aliphatic hydroxyl groups is 1. The van der Waals surface area contributed by atoms with Gasteiger partial charge in [0.1, 0.15) is 6.61 Å². The van der Waals surface area contributed by atoms with Gasteiger partial charge in [0, 0.05) is 30.5 Å². The van der Waals surface area contributed by atoms with Crippen molar-refractivity contribution in [3.05, 3.63) is 17.5 Å². The third-order valence-corrected chi connectivity index (χ3v) is 4.43. The Morgan fingerprint density at radius 2 is 2.14 bits per heavy atom. The number of aryl methyl sites for hydroxylation is 1. The van der Waals surface area contributed by atoms with Crippen LogP contribution in [0.3, 0.4) is 0 Å². The van der Waals surface area contributed by atoms with E-state index in [9.17, 15) is 4.79 Å². The fourth-order valence-corrected chi connectivity index (χ4v) is 3.06. The lowest BCUT2D eigenvalue weighted by Crippen LogP contribution is -2.35. The highest BCUT2D eigenvalue weighted by atomic mass is 16.3. The van der Waals surface area contributed by atoms with Gasteiger partial charge in [0.15, 0.2) is 0 Å². The molecule has 1 atom stereocenters. The normalized spacial score (nSPS) is 17.1. The second-order valence-electron chi connectivity index (χ2n) is 6.06. The number of anilines is 1. The lowest BCUT2D eigenvalue weighted by molar-refractivity contribution is -0.124. The van der Waals surface area contributed by atoms with Crippen LogP contribution < -0.4 is 10.2 Å². The predicted octanol–water partition coefficient (Wildman–Crippen LogP) is 1.72. The van der Waals surface area contributed by atoms with Crippen molar-refractivity contribution in [1.82, 2.24) is 15.3 Å². The standard InChI is InChI=1S/C16H26N4O2/c1-11(18-15(22)10-21)14-9-17-16(19-12(14)2)20(3)13-7-5-4-6-8-13/h9,11,13,21H,4-8,10H2,1-3H3,(H,18,22). The second kappa shape index (κ2) is 7.54. The molecule has 1 heterocycles. The molecular formula is C16H26N4O2. The summed E-state index contributed by atoms with van der Waals surface area (Å²) in [6.07, 6.45) is 8.05. The molecule has 6 nitrogen and oxygen atoms in total. The minimum Gasteiger partial charge on any atom is -0.387 e. The molecule has 0 aromatic carbocycles. The van der Waals surface area contributed by atoms with E-state index >= 15 is 0 Å². The van der Waals surface area contributed by atoms with Gasteiger partial charge >= 0.3 is 0 Å². The smallest absolute Gasteiger partial charge is 0.246 e. The quantitative estimate of drug-likeness (QED) is 0.866.